The van der Waals surface area contributed by atoms with Crippen molar-refractivity contribution in [1.82, 2.24) is 5.32 Å². The van der Waals surface area contributed by atoms with Gasteiger partial charge in [-0.25, -0.2) is 4.79 Å². The van der Waals surface area contributed by atoms with Crippen molar-refractivity contribution < 1.29 is 18.9 Å². The summed E-state index contributed by atoms with van der Waals surface area (Å²) in [5.41, 5.74) is 0.420. The van der Waals surface area contributed by atoms with E-state index in [0.29, 0.717) is 10.5 Å². The van der Waals surface area contributed by atoms with Crippen molar-refractivity contribution in [3.05, 3.63) is 78.4 Å². The first-order valence-electron chi connectivity index (χ1n) is 8.51. The van der Waals surface area contributed by atoms with Crippen LogP contribution in [0.4, 0.5) is 0 Å². The molecule has 0 aliphatic rings. The molecule has 138 valence electrons. The zero-order valence-corrected chi connectivity index (χ0v) is 15.3. The molecule has 2 N–H and O–H groups in total. The van der Waals surface area contributed by atoms with Gasteiger partial charge in [0.25, 0.3) is 5.91 Å². The van der Waals surface area contributed by atoms with Gasteiger partial charge >= 0.3 is 5.97 Å². The van der Waals surface area contributed by atoms with E-state index in [1.165, 1.54) is 0 Å². The lowest BCUT2D eigenvalue weighted by Crippen LogP contribution is -2.41. The maximum atomic E-state index is 12.6. The Morgan fingerprint density at radius 2 is 1.59 bits per heavy atom. The molecule has 0 aromatic heterocycles. The summed E-state index contributed by atoms with van der Waals surface area (Å²) in [6.07, 6.45) is 0.0767. The van der Waals surface area contributed by atoms with Crippen LogP contribution in [-0.4, -0.2) is 33.0 Å². The highest BCUT2D eigenvalue weighted by Gasteiger charge is 2.22. The number of benzene rings is 3. The van der Waals surface area contributed by atoms with Gasteiger partial charge in [0.2, 0.25) is 0 Å². The molecule has 6 heteroatoms. The van der Waals surface area contributed by atoms with E-state index in [1.807, 2.05) is 36.4 Å². The summed E-state index contributed by atoms with van der Waals surface area (Å²) in [6.45, 7) is 0. The van der Waals surface area contributed by atoms with Gasteiger partial charge in [-0.3, -0.25) is 9.00 Å². The molecule has 0 aliphatic heterocycles. The molecule has 3 rings (SSSR count). The Morgan fingerprint density at radius 3 is 2.33 bits per heavy atom. The number of carbonyl (C=O) groups excluding carboxylic acids is 1. The molecule has 0 spiro atoms. The van der Waals surface area contributed by atoms with Crippen molar-refractivity contribution in [2.24, 2.45) is 0 Å². The molecular weight excluding hydrogens is 362 g/mol. The number of hydrogen-bond donors (Lipinski definition) is 2. The molecule has 0 unspecified atom stereocenters. The summed E-state index contributed by atoms with van der Waals surface area (Å²) in [5.74, 6) is -1.45. The monoisotopic (exact) mass is 381 g/mol. The molecule has 3 aromatic rings. The first kappa shape index (κ1) is 18.8. The van der Waals surface area contributed by atoms with Crippen LogP contribution in [0, 0.1) is 0 Å². The van der Waals surface area contributed by atoms with Gasteiger partial charge in [-0.1, -0.05) is 54.6 Å². The maximum Gasteiger partial charge on any atom is 0.326 e. The highest BCUT2D eigenvalue weighted by molar-refractivity contribution is 7.85. The Bertz CT molecular complexity index is 982. The van der Waals surface area contributed by atoms with Gasteiger partial charge in [0, 0.05) is 16.2 Å². The molecule has 2 atom stereocenters. The summed E-state index contributed by atoms with van der Waals surface area (Å²) >= 11 is 0. The van der Waals surface area contributed by atoms with E-state index in [9.17, 15) is 18.9 Å². The van der Waals surface area contributed by atoms with Gasteiger partial charge in [-0.2, -0.15) is 0 Å². The van der Waals surface area contributed by atoms with Gasteiger partial charge in [0.05, 0.1) is 10.8 Å². The van der Waals surface area contributed by atoms with Crippen molar-refractivity contribution in [2.45, 2.75) is 17.4 Å². The summed E-state index contributed by atoms with van der Waals surface area (Å²) in [6, 6.07) is 20.5. The third-order valence-corrected chi connectivity index (χ3v) is 5.64. The fourth-order valence-corrected chi connectivity index (χ4v) is 3.98. The molecule has 27 heavy (non-hydrogen) atoms. The van der Waals surface area contributed by atoms with E-state index in [4.69, 9.17) is 0 Å². The number of carboxylic acids is 1. The minimum absolute atomic E-state index is 0.0767. The molecule has 0 saturated carbocycles. The van der Waals surface area contributed by atoms with Crippen LogP contribution in [0.1, 0.15) is 16.8 Å². The lowest BCUT2D eigenvalue weighted by Gasteiger charge is -2.15. The van der Waals surface area contributed by atoms with E-state index in [0.717, 1.165) is 10.8 Å². The first-order chi connectivity index (χ1) is 13.1. The van der Waals surface area contributed by atoms with Crippen molar-refractivity contribution in [3.63, 3.8) is 0 Å². The van der Waals surface area contributed by atoms with Crippen LogP contribution in [-0.2, 0) is 15.6 Å². The maximum absolute atomic E-state index is 12.6. The Balaban J connectivity index is 1.71. The van der Waals surface area contributed by atoms with Crippen LogP contribution >= 0.6 is 0 Å². The second kappa shape index (κ2) is 8.60. The van der Waals surface area contributed by atoms with Gasteiger partial charge in [-0.05, 0) is 35.4 Å². The number of carbonyl (C=O) groups is 2. The van der Waals surface area contributed by atoms with Crippen LogP contribution in [0.2, 0.25) is 0 Å². The average molecular weight is 381 g/mol. The van der Waals surface area contributed by atoms with Gasteiger partial charge in [-0.15, -0.1) is 0 Å². The first-order valence-corrected chi connectivity index (χ1v) is 9.83. The summed E-state index contributed by atoms with van der Waals surface area (Å²) in [4.78, 5) is 24.8. The highest BCUT2D eigenvalue weighted by Crippen LogP contribution is 2.18. The molecule has 1 amide bonds. The molecule has 0 fully saturated rings. The molecule has 3 aromatic carbocycles. The third kappa shape index (κ3) is 4.60. The summed E-state index contributed by atoms with van der Waals surface area (Å²) in [5, 5.41) is 13.7. The Labute approximate surface area is 159 Å². The summed E-state index contributed by atoms with van der Waals surface area (Å²) in [7, 11) is -1.32. The average Bonchev–Trinajstić information content (AvgIpc) is 2.70. The smallest absolute Gasteiger partial charge is 0.326 e. The van der Waals surface area contributed by atoms with E-state index in [-0.39, 0.29) is 12.2 Å². The Hall–Kier alpha value is -2.99. The predicted octanol–water partition coefficient (Wildman–Crippen LogP) is 3.22. The number of nitrogens with one attached hydrogen (secondary N) is 1. The quantitative estimate of drug-likeness (QED) is 0.658. The van der Waals surface area contributed by atoms with Crippen molar-refractivity contribution in [3.8, 4) is 0 Å². The van der Waals surface area contributed by atoms with Gasteiger partial charge in [0.1, 0.15) is 6.04 Å². The topological polar surface area (TPSA) is 83.5 Å². The SMILES string of the molecule is O=C(N[C@@H](CC[S@@](=O)c1ccccc1)C(=O)O)c1cccc2ccccc12. The molecule has 5 nitrogen and oxygen atoms in total. The highest BCUT2D eigenvalue weighted by atomic mass is 32.2. The summed E-state index contributed by atoms with van der Waals surface area (Å²) < 4.78 is 12.3. The van der Waals surface area contributed by atoms with E-state index in [1.54, 1.807) is 36.4 Å². The number of aliphatic carboxylic acids is 1. The second-order valence-corrected chi connectivity index (χ2v) is 7.61. The predicted molar refractivity (Wildman–Crippen MR) is 105 cm³/mol. The van der Waals surface area contributed by atoms with Crippen molar-refractivity contribution in [1.29, 1.82) is 0 Å². The number of carboxylic acid groups (broad SMARTS) is 1. The largest absolute Gasteiger partial charge is 0.480 e. The number of hydrogen-bond acceptors (Lipinski definition) is 3. The lowest BCUT2D eigenvalue weighted by atomic mass is 10.0. The van der Waals surface area contributed by atoms with E-state index in [2.05, 4.69) is 5.32 Å². The van der Waals surface area contributed by atoms with E-state index >= 15 is 0 Å². The molecule has 0 bridgehead atoms. The minimum Gasteiger partial charge on any atom is -0.480 e. The zero-order chi connectivity index (χ0) is 19.2. The standard InChI is InChI=1S/C21H19NO4S/c23-20(18-12-6-8-15-7-4-5-11-17(15)18)22-19(21(24)25)13-14-27(26)16-9-2-1-3-10-16/h1-12,19H,13-14H2,(H,22,23)(H,24,25)/t19-,27+/m0/s1. The third-order valence-electron chi connectivity index (χ3n) is 4.24. The van der Waals surface area contributed by atoms with Crippen LogP contribution in [0.15, 0.2) is 77.7 Å². The lowest BCUT2D eigenvalue weighted by molar-refractivity contribution is -0.139. The fraction of sp³-hybridized carbons (Fsp3) is 0.143. The molecule has 0 radical (unpaired) electrons. The fourth-order valence-electron chi connectivity index (χ4n) is 2.83. The van der Waals surface area contributed by atoms with Crippen LogP contribution in [0.3, 0.4) is 0 Å². The van der Waals surface area contributed by atoms with Crippen LogP contribution in [0.25, 0.3) is 10.8 Å². The van der Waals surface area contributed by atoms with Crippen LogP contribution < -0.4 is 5.32 Å². The van der Waals surface area contributed by atoms with Crippen LogP contribution in [0.5, 0.6) is 0 Å². The Kier molecular flexibility index (Phi) is 5.98. The zero-order valence-electron chi connectivity index (χ0n) is 14.5. The number of fused-ring (bicyclic) bond motifs is 1. The van der Waals surface area contributed by atoms with Gasteiger partial charge in [0.15, 0.2) is 0 Å². The van der Waals surface area contributed by atoms with E-state index < -0.39 is 28.7 Å². The normalized spacial score (nSPS) is 13.0. The molecular formula is C21H19NO4S. The molecule has 0 heterocycles. The minimum atomic E-state index is -1.32. The Morgan fingerprint density at radius 1 is 0.926 bits per heavy atom. The van der Waals surface area contributed by atoms with Crippen molar-refractivity contribution >= 4 is 33.4 Å². The molecule has 0 saturated heterocycles. The van der Waals surface area contributed by atoms with Gasteiger partial charge < -0.3 is 10.4 Å². The second-order valence-electron chi connectivity index (χ2n) is 6.04. The van der Waals surface area contributed by atoms with Crippen molar-refractivity contribution in [2.75, 3.05) is 5.75 Å². The number of amides is 1. The number of rotatable bonds is 7. The molecule has 0 aliphatic carbocycles.